The van der Waals surface area contributed by atoms with Gasteiger partial charge in [0.05, 0.1) is 18.5 Å². The topological polar surface area (TPSA) is 71.5 Å². The molecule has 0 aliphatic rings. The van der Waals surface area contributed by atoms with Crippen LogP contribution in [0.15, 0.2) is 18.5 Å². The van der Waals surface area contributed by atoms with Gasteiger partial charge in [-0.1, -0.05) is 0 Å². The normalized spacial score (nSPS) is 9.57. The van der Waals surface area contributed by atoms with Crippen LogP contribution in [-0.2, 0) is 4.74 Å². The van der Waals surface area contributed by atoms with Crippen LogP contribution in [0.25, 0.3) is 0 Å². The number of rotatable bonds is 3. The van der Waals surface area contributed by atoms with Crippen LogP contribution in [0, 0.1) is 5.82 Å². The monoisotopic (exact) mass is 200 g/mol. The van der Waals surface area contributed by atoms with E-state index in [0.717, 1.165) is 6.20 Å². The number of anilines is 1. The lowest BCUT2D eigenvalue weighted by molar-refractivity contribution is 0.131. The molecule has 5 nitrogen and oxygen atoms in total. The van der Waals surface area contributed by atoms with Crippen molar-refractivity contribution in [1.82, 2.24) is 4.98 Å². The minimum Gasteiger partial charge on any atom is -0.447 e. The summed E-state index contributed by atoms with van der Waals surface area (Å²) in [5.74, 6) is -0.645. The fourth-order valence-corrected chi connectivity index (χ4v) is 0.761. The van der Waals surface area contributed by atoms with Gasteiger partial charge in [-0.25, -0.2) is 9.18 Å². The summed E-state index contributed by atoms with van der Waals surface area (Å²) in [6.45, 7) is -0.398. The number of pyridine rings is 1. The number of hydrogen-bond acceptors (Lipinski definition) is 4. The molecule has 76 valence electrons. The van der Waals surface area contributed by atoms with E-state index in [1.807, 2.05) is 0 Å². The molecule has 0 aliphatic carbocycles. The second-order valence-corrected chi connectivity index (χ2v) is 2.34. The van der Waals surface area contributed by atoms with Crippen LogP contribution in [0.3, 0.4) is 0 Å². The first-order chi connectivity index (χ1) is 6.74. The Bertz CT molecular complexity index is 319. The van der Waals surface area contributed by atoms with Crippen molar-refractivity contribution in [2.45, 2.75) is 0 Å². The Morgan fingerprint density at radius 2 is 2.50 bits per heavy atom. The number of nitrogens with one attached hydrogen (secondary N) is 1. The van der Waals surface area contributed by atoms with Crippen LogP contribution in [0.5, 0.6) is 0 Å². The Balaban J connectivity index is 2.52. The highest BCUT2D eigenvalue weighted by atomic mass is 19.1. The molecule has 1 aromatic rings. The zero-order valence-electron chi connectivity index (χ0n) is 7.24. The minimum atomic E-state index is -0.816. The summed E-state index contributed by atoms with van der Waals surface area (Å²) in [5.41, 5.74) is -0.0112. The lowest BCUT2D eigenvalue weighted by atomic mass is 10.4. The first kappa shape index (κ1) is 10.4. The zero-order chi connectivity index (χ0) is 10.4. The van der Waals surface area contributed by atoms with Crippen molar-refractivity contribution in [2.75, 3.05) is 18.5 Å². The Morgan fingerprint density at radius 1 is 1.71 bits per heavy atom. The van der Waals surface area contributed by atoms with E-state index in [2.05, 4.69) is 15.0 Å². The molecule has 0 saturated carbocycles. The predicted molar refractivity (Wildman–Crippen MR) is 46.3 cm³/mol. The number of carbonyl (C=O) groups excluding carboxylic acids is 1. The van der Waals surface area contributed by atoms with Crippen LogP contribution < -0.4 is 5.32 Å². The number of aliphatic hydroxyl groups excluding tert-OH is 1. The molecule has 0 radical (unpaired) electrons. The van der Waals surface area contributed by atoms with Gasteiger partial charge in [0.2, 0.25) is 0 Å². The summed E-state index contributed by atoms with van der Waals surface area (Å²) >= 11 is 0. The second-order valence-electron chi connectivity index (χ2n) is 2.34. The lowest BCUT2D eigenvalue weighted by Gasteiger charge is -2.05. The van der Waals surface area contributed by atoms with Gasteiger partial charge in [0.15, 0.2) is 5.82 Å². The summed E-state index contributed by atoms with van der Waals surface area (Å²) in [4.78, 5) is 14.4. The first-order valence-corrected chi connectivity index (χ1v) is 3.88. The molecule has 0 aromatic carbocycles. The summed E-state index contributed by atoms with van der Waals surface area (Å²) in [5, 5.41) is 10.5. The fraction of sp³-hybridized carbons (Fsp3) is 0.250. The van der Waals surface area contributed by atoms with E-state index < -0.39 is 11.9 Å². The molecule has 0 fully saturated rings. The van der Waals surface area contributed by atoms with E-state index >= 15 is 0 Å². The summed E-state index contributed by atoms with van der Waals surface area (Å²) in [7, 11) is 0. The first-order valence-electron chi connectivity index (χ1n) is 3.88. The van der Waals surface area contributed by atoms with Crippen molar-refractivity contribution in [3.63, 3.8) is 0 Å². The average Bonchev–Trinajstić information content (AvgIpc) is 2.18. The SMILES string of the molecule is O=C(Nc1ccncc1F)OCCO. The number of halogens is 1. The molecule has 14 heavy (non-hydrogen) atoms. The Labute approximate surface area is 79.5 Å². The average molecular weight is 200 g/mol. The van der Waals surface area contributed by atoms with Crippen LogP contribution in [0.1, 0.15) is 0 Å². The van der Waals surface area contributed by atoms with Gasteiger partial charge in [-0.3, -0.25) is 10.3 Å². The van der Waals surface area contributed by atoms with E-state index in [-0.39, 0.29) is 18.9 Å². The van der Waals surface area contributed by atoms with Crippen molar-refractivity contribution < 1.29 is 19.0 Å². The number of amides is 1. The molecule has 0 bridgehead atoms. The molecule has 0 atom stereocenters. The number of hydrogen-bond donors (Lipinski definition) is 2. The number of carbonyl (C=O) groups is 1. The van der Waals surface area contributed by atoms with Crippen LogP contribution in [0.4, 0.5) is 14.9 Å². The van der Waals surface area contributed by atoms with Crippen LogP contribution in [-0.4, -0.2) is 29.4 Å². The maximum absolute atomic E-state index is 12.9. The quantitative estimate of drug-likeness (QED) is 0.755. The van der Waals surface area contributed by atoms with Gasteiger partial charge in [-0.2, -0.15) is 0 Å². The summed E-state index contributed by atoms with van der Waals surface area (Å²) in [6, 6.07) is 1.30. The molecule has 1 amide bonds. The second kappa shape index (κ2) is 5.13. The van der Waals surface area contributed by atoms with E-state index in [1.165, 1.54) is 12.3 Å². The largest absolute Gasteiger partial charge is 0.447 e. The Hall–Kier alpha value is -1.69. The van der Waals surface area contributed by atoms with Crippen molar-refractivity contribution in [1.29, 1.82) is 0 Å². The maximum atomic E-state index is 12.9. The molecule has 6 heteroatoms. The predicted octanol–water partition coefficient (Wildman–Crippen LogP) is 0.761. The van der Waals surface area contributed by atoms with Gasteiger partial charge < -0.3 is 9.84 Å². The molecule has 1 aromatic heterocycles. The van der Waals surface area contributed by atoms with Crippen molar-refractivity contribution in [3.05, 3.63) is 24.3 Å². The van der Waals surface area contributed by atoms with E-state index in [4.69, 9.17) is 5.11 Å². The standard InChI is InChI=1S/C8H9FN2O3/c9-6-5-10-2-1-7(6)11-8(13)14-4-3-12/h1-2,5,12H,3-4H2,(H,10,11,13). The maximum Gasteiger partial charge on any atom is 0.411 e. The molecular formula is C8H9FN2O3. The molecule has 1 heterocycles. The molecule has 0 spiro atoms. The highest BCUT2D eigenvalue weighted by Crippen LogP contribution is 2.10. The number of aliphatic hydroxyl groups is 1. The van der Waals surface area contributed by atoms with Gasteiger partial charge in [0.25, 0.3) is 0 Å². The van der Waals surface area contributed by atoms with Gasteiger partial charge >= 0.3 is 6.09 Å². The minimum absolute atomic E-state index is 0.0112. The van der Waals surface area contributed by atoms with Crippen LogP contribution in [0.2, 0.25) is 0 Å². The van der Waals surface area contributed by atoms with Crippen LogP contribution >= 0.6 is 0 Å². The Kier molecular flexibility index (Phi) is 3.81. The zero-order valence-corrected chi connectivity index (χ0v) is 7.24. The Morgan fingerprint density at radius 3 is 3.14 bits per heavy atom. The number of nitrogens with zero attached hydrogens (tertiary/aromatic N) is 1. The van der Waals surface area contributed by atoms with Gasteiger partial charge in [0.1, 0.15) is 6.61 Å². The van der Waals surface area contributed by atoms with Crippen molar-refractivity contribution >= 4 is 11.8 Å². The van der Waals surface area contributed by atoms with E-state index in [1.54, 1.807) is 0 Å². The molecule has 0 saturated heterocycles. The van der Waals surface area contributed by atoms with Gasteiger partial charge in [0, 0.05) is 6.20 Å². The molecule has 2 N–H and O–H groups in total. The number of ether oxygens (including phenoxy) is 1. The summed E-state index contributed by atoms with van der Waals surface area (Å²) < 4.78 is 17.4. The van der Waals surface area contributed by atoms with Crippen molar-refractivity contribution in [2.24, 2.45) is 0 Å². The van der Waals surface area contributed by atoms with E-state index in [0.29, 0.717) is 0 Å². The smallest absolute Gasteiger partial charge is 0.411 e. The molecule has 0 unspecified atom stereocenters. The van der Waals surface area contributed by atoms with Crippen molar-refractivity contribution in [3.8, 4) is 0 Å². The van der Waals surface area contributed by atoms with E-state index in [9.17, 15) is 9.18 Å². The fourth-order valence-electron chi connectivity index (χ4n) is 0.761. The molecule has 0 aliphatic heterocycles. The molecular weight excluding hydrogens is 191 g/mol. The highest BCUT2D eigenvalue weighted by molar-refractivity contribution is 5.84. The lowest BCUT2D eigenvalue weighted by Crippen LogP contribution is -2.16. The number of aromatic nitrogens is 1. The van der Waals surface area contributed by atoms with Gasteiger partial charge in [-0.05, 0) is 6.07 Å². The third-order valence-electron chi connectivity index (χ3n) is 1.33. The summed E-state index contributed by atoms with van der Waals surface area (Å²) in [6.07, 6.45) is 1.50. The van der Waals surface area contributed by atoms with Gasteiger partial charge in [-0.15, -0.1) is 0 Å². The third-order valence-corrected chi connectivity index (χ3v) is 1.33. The molecule has 1 rings (SSSR count). The highest BCUT2D eigenvalue weighted by Gasteiger charge is 2.06. The third kappa shape index (κ3) is 2.98.